The first kappa shape index (κ1) is 23.0. The number of nitrogens with one attached hydrogen (secondary N) is 1. The molecule has 0 bridgehead atoms. The molecule has 0 spiro atoms. The normalized spacial score (nSPS) is 12.1. The number of carbonyl (C=O) groups excluding carboxylic acids is 3. The Balaban J connectivity index is 1.40. The SMILES string of the molecule is CCN(CC)C(=O)c1ccc(NC(=O)COC(=O)C2c3ccccc3Oc3ccccc32)cc1. The van der Waals surface area contributed by atoms with Crippen molar-refractivity contribution in [1.29, 1.82) is 0 Å². The topological polar surface area (TPSA) is 84.9 Å². The lowest BCUT2D eigenvalue weighted by atomic mass is 9.88. The number of amides is 2. The second-order valence-electron chi connectivity index (χ2n) is 7.82. The molecule has 1 aliphatic heterocycles. The van der Waals surface area contributed by atoms with Crippen LogP contribution >= 0.6 is 0 Å². The van der Waals surface area contributed by atoms with Crippen LogP contribution in [0.2, 0.25) is 0 Å². The van der Waals surface area contributed by atoms with Crippen molar-refractivity contribution in [3.8, 4) is 11.5 Å². The van der Waals surface area contributed by atoms with Gasteiger partial charge in [-0.2, -0.15) is 0 Å². The predicted molar refractivity (Wildman–Crippen MR) is 128 cm³/mol. The van der Waals surface area contributed by atoms with E-state index >= 15 is 0 Å². The number of benzene rings is 3. The van der Waals surface area contributed by atoms with E-state index in [0.717, 1.165) is 0 Å². The van der Waals surface area contributed by atoms with Crippen molar-refractivity contribution >= 4 is 23.5 Å². The summed E-state index contributed by atoms with van der Waals surface area (Å²) >= 11 is 0. The van der Waals surface area contributed by atoms with E-state index in [0.29, 0.717) is 47.0 Å². The minimum absolute atomic E-state index is 0.0613. The van der Waals surface area contributed by atoms with E-state index in [-0.39, 0.29) is 5.91 Å². The summed E-state index contributed by atoms with van der Waals surface area (Å²) in [6.45, 7) is 4.67. The molecule has 7 nitrogen and oxygen atoms in total. The van der Waals surface area contributed by atoms with Crippen molar-refractivity contribution in [3.63, 3.8) is 0 Å². The maximum atomic E-state index is 13.0. The van der Waals surface area contributed by atoms with Crippen LogP contribution in [0, 0.1) is 0 Å². The maximum absolute atomic E-state index is 13.0. The fourth-order valence-electron chi connectivity index (χ4n) is 3.97. The molecule has 174 valence electrons. The number of fused-ring (bicyclic) bond motifs is 2. The molecule has 3 aromatic rings. The summed E-state index contributed by atoms with van der Waals surface area (Å²) in [5.74, 6) is -0.560. The highest BCUT2D eigenvalue weighted by molar-refractivity contribution is 5.96. The van der Waals surface area contributed by atoms with Crippen LogP contribution in [-0.2, 0) is 14.3 Å². The summed E-state index contributed by atoms with van der Waals surface area (Å²) in [7, 11) is 0. The molecule has 0 saturated heterocycles. The second kappa shape index (κ2) is 10.2. The lowest BCUT2D eigenvalue weighted by Crippen LogP contribution is -2.30. The second-order valence-corrected chi connectivity index (χ2v) is 7.82. The monoisotopic (exact) mass is 458 g/mol. The Labute approximate surface area is 198 Å². The van der Waals surface area contributed by atoms with Crippen LogP contribution in [0.15, 0.2) is 72.8 Å². The average molecular weight is 459 g/mol. The maximum Gasteiger partial charge on any atom is 0.318 e. The van der Waals surface area contributed by atoms with Gasteiger partial charge in [0.1, 0.15) is 17.4 Å². The molecule has 0 atom stereocenters. The van der Waals surface area contributed by atoms with Gasteiger partial charge in [-0.25, -0.2) is 0 Å². The van der Waals surface area contributed by atoms with Gasteiger partial charge in [-0.05, 0) is 50.2 Å². The molecule has 1 aliphatic rings. The third-order valence-electron chi connectivity index (χ3n) is 5.73. The van der Waals surface area contributed by atoms with Crippen LogP contribution in [0.25, 0.3) is 0 Å². The molecule has 0 saturated carbocycles. The standard InChI is InChI=1S/C27H26N2O5/c1-3-29(4-2)26(31)18-13-15-19(16-14-18)28-24(30)17-33-27(32)25-20-9-5-7-11-22(20)34-23-12-8-6-10-21(23)25/h5-16,25H,3-4,17H2,1-2H3,(H,28,30). The van der Waals surface area contributed by atoms with Gasteiger partial charge in [-0.3, -0.25) is 14.4 Å². The third kappa shape index (κ3) is 4.78. The zero-order valence-electron chi connectivity index (χ0n) is 19.1. The number of hydrogen-bond donors (Lipinski definition) is 1. The van der Waals surface area contributed by atoms with Gasteiger partial charge in [0.25, 0.3) is 11.8 Å². The van der Waals surface area contributed by atoms with E-state index in [1.54, 1.807) is 41.3 Å². The smallest absolute Gasteiger partial charge is 0.318 e. The third-order valence-corrected chi connectivity index (χ3v) is 5.73. The molecule has 0 radical (unpaired) electrons. The average Bonchev–Trinajstić information content (AvgIpc) is 2.87. The van der Waals surface area contributed by atoms with Gasteiger partial charge in [-0.1, -0.05) is 36.4 Å². The number of para-hydroxylation sites is 2. The summed E-state index contributed by atoms with van der Waals surface area (Å²) < 4.78 is 11.3. The van der Waals surface area contributed by atoms with E-state index in [4.69, 9.17) is 9.47 Å². The quantitative estimate of drug-likeness (QED) is 0.524. The van der Waals surface area contributed by atoms with Crippen molar-refractivity contribution in [3.05, 3.63) is 89.5 Å². The van der Waals surface area contributed by atoms with Gasteiger partial charge in [0.15, 0.2) is 6.61 Å². The number of anilines is 1. The van der Waals surface area contributed by atoms with E-state index in [9.17, 15) is 14.4 Å². The molecule has 2 amide bonds. The highest BCUT2D eigenvalue weighted by Gasteiger charge is 2.33. The van der Waals surface area contributed by atoms with Crippen LogP contribution < -0.4 is 10.1 Å². The largest absolute Gasteiger partial charge is 0.457 e. The first-order chi connectivity index (χ1) is 16.5. The van der Waals surface area contributed by atoms with E-state index in [1.165, 1.54) is 0 Å². The Morgan fingerprint density at radius 3 is 1.97 bits per heavy atom. The zero-order valence-corrected chi connectivity index (χ0v) is 19.1. The number of ether oxygens (including phenoxy) is 2. The zero-order chi connectivity index (χ0) is 24.1. The Morgan fingerprint density at radius 1 is 0.853 bits per heavy atom. The molecule has 0 aromatic heterocycles. The van der Waals surface area contributed by atoms with Gasteiger partial charge in [-0.15, -0.1) is 0 Å². The fourth-order valence-corrected chi connectivity index (χ4v) is 3.97. The molecule has 1 heterocycles. The summed E-state index contributed by atoms with van der Waals surface area (Å²) in [5.41, 5.74) is 2.45. The van der Waals surface area contributed by atoms with Gasteiger partial charge in [0, 0.05) is 35.5 Å². The predicted octanol–water partition coefficient (Wildman–Crippen LogP) is 4.59. The number of esters is 1. The minimum atomic E-state index is -0.681. The Bertz CT molecular complexity index is 1160. The Morgan fingerprint density at radius 2 is 1.41 bits per heavy atom. The lowest BCUT2D eigenvalue weighted by molar-refractivity contribution is -0.148. The van der Waals surface area contributed by atoms with Crippen molar-refractivity contribution < 1.29 is 23.9 Å². The highest BCUT2D eigenvalue weighted by atomic mass is 16.5. The molecule has 34 heavy (non-hydrogen) atoms. The number of carbonyl (C=O) groups is 3. The van der Waals surface area contributed by atoms with Gasteiger partial charge in [0.05, 0.1) is 0 Å². The Hall–Kier alpha value is -4.13. The molecule has 3 aromatic carbocycles. The molecule has 4 rings (SSSR count). The molecule has 7 heteroatoms. The molecule has 0 aliphatic carbocycles. The van der Waals surface area contributed by atoms with E-state index in [2.05, 4.69) is 5.32 Å². The summed E-state index contributed by atoms with van der Waals surface area (Å²) in [6.07, 6.45) is 0. The lowest BCUT2D eigenvalue weighted by Gasteiger charge is -2.26. The van der Waals surface area contributed by atoms with Crippen LogP contribution in [0.4, 0.5) is 5.69 Å². The summed E-state index contributed by atoms with van der Waals surface area (Å²) in [4.78, 5) is 39.6. The first-order valence-electron chi connectivity index (χ1n) is 11.2. The van der Waals surface area contributed by atoms with Gasteiger partial charge < -0.3 is 19.7 Å². The Kier molecular flexibility index (Phi) is 6.92. The highest BCUT2D eigenvalue weighted by Crippen LogP contribution is 2.44. The van der Waals surface area contributed by atoms with Crippen molar-refractivity contribution in [2.75, 3.05) is 25.0 Å². The molecular formula is C27H26N2O5. The number of rotatable bonds is 7. The molecule has 0 unspecified atom stereocenters. The van der Waals surface area contributed by atoms with Crippen molar-refractivity contribution in [2.24, 2.45) is 0 Å². The number of hydrogen-bond acceptors (Lipinski definition) is 5. The van der Waals surface area contributed by atoms with Crippen molar-refractivity contribution in [1.82, 2.24) is 4.90 Å². The van der Waals surface area contributed by atoms with E-state index < -0.39 is 24.4 Å². The molecular weight excluding hydrogens is 432 g/mol. The number of nitrogens with zero attached hydrogens (tertiary/aromatic N) is 1. The van der Waals surface area contributed by atoms with Crippen molar-refractivity contribution in [2.45, 2.75) is 19.8 Å². The van der Waals surface area contributed by atoms with Crippen LogP contribution in [-0.4, -0.2) is 42.4 Å². The van der Waals surface area contributed by atoms with Gasteiger partial charge in [0.2, 0.25) is 0 Å². The minimum Gasteiger partial charge on any atom is -0.457 e. The molecule has 1 N–H and O–H groups in total. The summed E-state index contributed by atoms with van der Waals surface area (Å²) in [5, 5.41) is 2.70. The van der Waals surface area contributed by atoms with Crippen LogP contribution in [0.1, 0.15) is 41.3 Å². The molecule has 0 fully saturated rings. The van der Waals surface area contributed by atoms with Crippen LogP contribution in [0.3, 0.4) is 0 Å². The first-order valence-corrected chi connectivity index (χ1v) is 11.2. The van der Waals surface area contributed by atoms with E-state index in [1.807, 2.05) is 50.2 Å². The van der Waals surface area contributed by atoms with Crippen LogP contribution in [0.5, 0.6) is 11.5 Å². The summed E-state index contributed by atoms with van der Waals surface area (Å²) in [6, 6.07) is 21.2. The fraction of sp³-hybridized carbons (Fsp3) is 0.222. The van der Waals surface area contributed by atoms with Gasteiger partial charge >= 0.3 is 5.97 Å².